The quantitative estimate of drug-likeness (QED) is 0.614. The zero-order valence-corrected chi connectivity index (χ0v) is 16.4. The van der Waals surface area contributed by atoms with Gasteiger partial charge in [-0.2, -0.15) is 0 Å². The molecule has 0 bridgehead atoms. The van der Waals surface area contributed by atoms with E-state index < -0.39 is 0 Å². The van der Waals surface area contributed by atoms with Crippen LogP contribution >= 0.6 is 0 Å². The number of ether oxygens (including phenoxy) is 1. The summed E-state index contributed by atoms with van der Waals surface area (Å²) in [6.07, 6.45) is 1.92. The summed E-state index contributed by atoms with van der Waals surface area (Å²) in [5.41, 5.74) is 1.96. The molecule has 2 saturated heterocycles. The van der Waals surface area contributed by atoms with Gasteiger partial charge in [0.2, 0.25) is 0 Å². The molecule has 0 atom stereocenters. The molecular weight excluding hydrogens is 329 g/mol. The molecule has 0 amide bonds. The summed E-state index contributed by atoms with van der Waals surface area (Å²) in [6.45, 7) is 10.3. The largest absolute Gasteiger partial charge is 0.494 e. The third-order valence-corrected chi connectivity index (χ3v) is 6.73. The van der Waals surface area contributed by atoms with E-state index in [-0.39, 0.29) is 30.2 Å². The highest BCUT2D eigenvalue weighted by Gasteiger charge is 2.55. The standard InChI is InChI=1S/C20H28BNO4/c1-18(2)19(3,4)26-21(25-18)15-6-8-16(9-7-15)22-12-20(13-22)10-14(11-20)17(23)24-5/h6-9,14H,10-13H2,1-5H3. The van der Waals surface area contributed by atoms with Gasteiger partial charge in [-0.3, -0.25) is 4.79 Å². The molecule has 1 saturated carbocycles. The number of carbonyl (C=O) groups is 1. The molecule has 0 radical (unpaired) electrons. The summed E-state index contributed by atoms with van der Waals surface area (Å²) in [6, 6.07) is 8.48. The van der Waals surface area contributed by atoms with Gasteiger partial charge in [-0.05, 0) is 58.1 Å². The van der Waals surface area contributed by atoms with Crippen molar-refractivity contribution in [3.05, 3.63) is 24.3 Å². The van der Waals surface area contributed by atoms with Crippen molar-refractivity contribution in [3.8, 4) is 0 Å². The topological polar surface area (TPSA) is 48.0 Å². The van der Waals surface area contributed by atoms with E-state index in [0.717, 1.165) is 31.4 Å². The average Bonchev–Trinajstić information content (AvgIpc) is 2.73. The van der Waals surface area contributed by atoms with E-state index in [9.17, 15) is 4.79 Å². The predicted molar refractivity (Wildman–Crippen MR) is 102 cm³/mol. The molecule has 0 N–H and O–H groups in total. The van der Waals surface area contributed by atoms with Gasteiger partial charge in [0.15, 0.2) is 0 Å². The zero-order chi connectivity index (χ0) is 18.7. The van der Waals surface area contributed by atoms with Gasteiger partial charge in [0.05, 0.1) is 24.2 Å². The normalized spacial score (nSPS) is 25.7. The van der Waals surface area contributed by atoms with Gasteiger partial charge in [0, 0.05) is 24.2 Å². The number of methoxy groups -OCH3 is 1. The molecule has 6 heteroatoms. The minimum atomic E-state index is -0.319. The minimum Gasteiger partial charge on any atom is -0.469 e. The Bertz CT molecular complexity index is 685. The van der Waals surface area contributed by atoms with Crippen molar-refractivity contribution in [1.29, 1.82) is 0 Å². The number of anilines is 1. The number of hydrogen-bond donors (Lipinski definition) is 0. The number of rotatable bonds is 3. The molecule has 0 unspecified atom stereocenters. The van der Waals surface area contributed by atoms with Crippen molar-refractivity contribution in [3.63, 3.8) is 0 Å². The Hall–Kier alpha value is -1.53. The van der Waals surface area contributed by atoms with E-state index in [4.69, 9.17) is 14.0 Å². The van der Waals surface area contributed by atoms with Crippen LogP contribution in [-0.4, -0.2) is 44.5 Å². The van der Waals surface area contributed by atoms with Gasteiger partial charge >= 0.3 is 13.1 Å². The first kappa shape index (κ1) is 17.9. The number of nitrogens with zero attached hydrogens (tertiary/aromatic N) is 1. The Labute approximate surface area is 156 Å². The smallest absolute Gasteiger partial charge is 0.469 e. The van der Waals surface area contributed by atoms with Crippen molar-refractivity contribution in [1.82, 2.24) is 0 Å². The number of hydrogen-bond acceptors (Lipinski definition) is 5. The van der Waals surface area contributed by atoms with E-state index in [1.165, 1.54) is 12.8 Å². The van der Waals surface area contributed by atoms with Gasteiger partial charge in [0.25, 0.3) is 0 Å². The number of benzene rings is 1. The van der Waals surface area contributed by atoms with Gasteiger partial charge < -0.3 is 18.9 Å². The molecule has 1 aliphatic carbocycles. The molecule has 1 aromatic carbocycles. The lowest BCUT2D eigenvalue weighted by Gasteiger charge is -2.59. The lowest BCUT2D eigenvalue weighted by Crippen LogP contribution is -2.63. The lowest BCUT2D eigenvalue weighted by atomic mass is 9.57. The SMILES string of the molecule is COC(=O)C1CC2(C1)CN(c1ccc(B3OC(C)(C)C(C)(C)O3)cc1)C2. The molecule has 2 heterocycles. The second-order valence-electron chi connectivity index (χ2n) is 9.16. The summed E-state index contributed by atoms with van der Waals surface area (Å²) in [5, 5.41) is 0. The molecule has 1 aromatic rings. The predicted octanol–water partition coefficient (Wildman–Crippen LogP) is 2.38. The lowest BCUT2D eigenvalue weighted by molar-refractivity contribution is -0.155. The zero-order valence-electron chi connectivity index (χ0n) is 16.4. The molecule has 0 aromatic heterocycles. The van der Waals surface area contributed by atoms with E-state index in [1.807, 2.05) is 0 Å². The van der Waals surface area contributed by atoms with E-state index >= 15 is 0 Å². The van der Waals surface area contributed by atoms with Gasteiger partial charge in [-0.25, -0.2) is 0 Å². The van der Waals surface area contributed by atoms with Crippen LogP contribution < -0.4 is 10.4 Å². The van der Waals surface area contributed by atoms with Crippen molar-refractivity contribution in [2.75, 3.05) is 25.1 Å². The highest BCUT2D eigenvalue weighted by atomic mass is 16.7. The van der Waals surface area contributed by atoms with Gasteiger partial charge in [0.1, 0.15) is 0 Å². The highest BCUT2D eigenvalue weighted by molar-refractivity contribution is 6.62. The third-order valence-electron chi connectivity index (χ3n) is 6.73. The molecule has 5 nitrogen and oxygen atoms in total. The van der Waals surface area contributed by atoms with Crippen LogP contribution in [0.2, 0.25) is 0 Å². The molecule has 3 aliphatic rings. The first-order chi connectivity index (χ1) is 12.1. The Morgan fingerprint density at radius 2 is 1.62 bits per heavy atom. The van der Waals surface area contributed by atoms with Crippen molar-refractivity contribution in [2.24, 2.45) is 11.3 Å². The van der Waals surface area contributed by atoms with E-state index in [0.29, 0.717) is 5.41 Å². The fraction of sp³-hybridized carbons (Fsp3) is 0.650. The van der Waals surface area contributed by atoms with Crippen molar-refractivity contribution < 1.29 is 18.8 Å². The van der Waals surface area contributed by atoms with E-state index in [2.05, 4.69) is 56.9 Å². The maximum absolute atomic E-state index is 11.6. The summed E-state index contributed by atoms with van der Waals surface area (Å²) in [7, 11) is 1.16. The van der Waals surface area contributed by atoms with Crippen LogP contribution in [0.15, 0.2) is 24.3 Å². The first-order valence-corrected chi connectivity index (χ1v) is 9.43. The van der Waals surface area contributed by atoms with Crippen LogP contribution in [0.5, 0.6) is 0 Å². The maximum atomic E-state index is 11.6. The number of esters is 1. The molecular formula is C20H28BNO4. The van der Waals surface area contributed by atoms with Gasteiger partial charge in [-0.15, -0.1) is 0 Å². The Morgan fingerprint density at radius 1 is 1.08 bits per heavy atom. The molecule has 1 spiro atoms. The van der Waals surface area contributed by atoms with Crippen LogP contribution in [0.4, 0.5) is 5.69 Å². The first-order valence-electron chi connectivity index (χ1n) is 9.43. The van der Waals surface area contributed by atoms with Crippen LogP contribution in [0, 0.1) is 11.3 Å². The molecule has 140 valence electrons. The maximum Gasteiger partial charge on any atom is 0.494 e. The summed E-state index contributed by atoms with van der Waals surface area (Å²) < 4.78 is 17.1. The summed E-state index contributed by atoms with van der Waals surface area (Å²) >= 11 is 0. The second-order valence-corrected chi connectivity index (χ2v) is 9.16. The fourth-order valence-electron chi connectivity index (χ4n) is 4.34. The van der Waals surface area contributed by atoms with Crippen molar-refractivity contribution >= 4 is 24.2 Å². The van der Waals surface area contributed by atoms with Gasteiger partial charge in [-0.1, -0.05) is 12.1 Å². The molecule has 3 fully saturated rings. The van der Waals surface area contributed by atoms with E-state index in [1.54, 1.807) is 0 Å². The number of carbonyl (C=O) groups excluding carboxylic acids is 1. The molecule has 26 heavy (non-hydrogen) atoms. The Kier molecular flexibility index (Phi) is 3.94. The molecule has 2 aliphatic heterocycles. The summed E-state index contributed by atoms with van der Waals surface area (Å²) in [5.74, 6) is 0.0498. The van der Waals surface area contributed by atoms with Crippen molar-refractivity contribution in [2.45, 2.75) is 51.7 Å². The van der Waals surface area contributed by atoms with Crippen LogP contribution in [0.25, 0.3) is 0 Å². The fourth-order valence-corrected chi connectivity index (χ4v) is 4.34. The Morgan fingerprint density at radius 3 is 2.12 bits per heavy atom. The average molecular weight is 357 g/mol. The summed E-state index contributed by atoms with van der Waals surface area (Å²) in [4.78, 5) is 13.9. The highest BCUT2D eigenvalue weighted by Crippen LogP contribution is 2.53. The monoisotopic (exact) mass is 357 g/mol. The van der Waals surface area contributed by atoms with Crippen LogP contribution in [-0.2, 0) is 18.8 Å². The third kappa shape index (κ3) is 2.74. The second kappa shape index (κ2) is 5.73. The van der Waals surface area contributed by atoms with Crippen LogP contribution in [0.1, 0.15) is 40.5 Å². The minimum absolute atomic E-state index is 0.0548. The molecule has 4 rings (SSSR count). The Balaban J connectivity index is 1.35. The van der Waals surface area contributed by atoms with Crippen LogP contribution in [0.3, 0.4) is 0 Å².